The molecule has 0 aromatic carbocycles. The number of hydrogen-bond acceptors (Lipinski definition) is 5. The van der Waals surface area contributed by atoms with Crippen LogP contribution < -0.4 is 5.73 Å². The van der Waals surface area contributed by atoms with Crippen molar-refractivity contribution >= 4 is 22.6 Å². The highest BCUT2D eigenvalue weighted by atomic mass is 32.2. The van der Waals surface area contributed by atoms with Gasteiger partial charge in [-0.25, -0.2) is 9.97 Å². The Morgan fingerprint density at radius 3 is 2.39 bits per heavy atom. The van der Waals surface area contributed by atoms with Gasteiger partial charge in [-0.2, -0.15) is 26.3 Å². The molecular formula is C11H10F6N4OS. The molecule has 12 heteroatoms. The van der Waals surface area contributed by atoms with Crippen LogP contribution in [0.5, 0.6) is 0 Å². The van der Waals surface area contributed by atoms with Crippen molar-refractivity contribution in [1.82, 2.24) is 9.97 Å². The second-order valence-corrected chi connectivity index (χ2v) is 5.35. The molecule has 23 heavy (non-hydrogen) atoms. The van der Waals surface area contributed by atoms with Crippen molar-refractivity contribution in [3.8, 4) is 0 Å². The van der Waals surface area contributed by atoms with Crippen molar-refractivity contribution in [2.75, 3.05) is 12.8 Å². The first-order valence-electron chi connectivity index (χ1n) is 5.72. The molecule has 0 aliphatic rings. The number of aliphatic imine (C=N–C) groups is 1. The minimum Gasteiger partial charge on any atom is -0.404 e. The van der Waals surface area contributed by atoms with Crippen LogP contribution in [-0.4, -0.2) is 39.4 Å². The number of allylic oxidation sites excluding steroid dienone is 1. The van der Waals surface area contributed by atoms with Crippen molar-refractivity contribution in [3.05, 3.63) is 23.7 Å². The molecule has 1 aromatic rings. The van der Waals surface area contributed by atoms with Gasteiger partial charge in [-0.05, 0) is 0 Å². The predicted octanol–water partition coefficient (Wildman–Crippen LogP) is 2.17. The van der Waals surface area contributed by atoms with Crippen LogP contribution in [0.15, 0.2) is 22.5 Å². The molecule has 1 aromatic heterocycles. The van der Waals surface area contributed by atoms with Crippen molar-refractivity contribution in [2.24, 2.45) is 10.7 Å². The minimum atomic E-state index is -4.88. The average Bonchev–Trinajstić information content (AvgIpc) is 2.40. The lowest BCUT2D eigenvalue weighted by atomic mass is 10.1. The molecule has 0 saturated heterocycles. The van der Waals surface area contributed by atoms with Crippen LogP contribution >= 0.6 is 0 Å². The Morgan fingerprint density at radius 2 is 1.96 bits per heavy atom. The lowest BCUT2D eigenvalue weighted by Crippen LogP contribution is -2.15. The van der Waals surface area contributed by atoms with Crippen molar-refractivity contribution in [2.45, 2.75) is 17.5 Å². The van der Waals surface area contributed by atoms with Crippen LogP contribution in [-0.2, 0) is 17.0 Å². The molecule has 0 radical (unpaired) electrons. The summed E-state index contributed by atoms with van der Waals surface area (Å²) in [5.41, 5.74) is 2.52. The van der Waals surface area contributed by atoms with Crippen LogP contribution in [0.3, 0.4) is 0 Å². The van der Waals surface area contributed by atoms with Gasteiger partial charge < -0.3 is 5.73 Å². The number of hydrogen-bond donors (Lipinski definition) is 1. The Bertz CT molecular complexity index is 653. The zero-order valence-corrected chi connectivity index (χ0v) is 12.3. The highest BCUT2D eigenvalue weighted by molar-refractivity contribution is 7.84. The van der Waals surface area contributed by atoms with Gasteiger partial charge in [0.15, 0.2) is 0 Å². The number of alkyl halides is 6. The van der Waals surface area contributed by atoms with E-state index in [0.29, 0.717) is 18.6 Å². The smallest absolute Gasteiger partial charge is 0.404 e. The van der Waals surface area contributed by atoms with Gasteiger partial charge in [-0.3, -0.25) is 9.20 Å². The van der Waals surface area contributed by atoms with Crippen molar-refractivity contribution in [3.63, 3.8) is 0 Å². The van der Waals surface area contributed by atoms with E-state index < -0.39 is 51.7 Å². The van der Waals surface area contributed by atoms with Gasteiger partial charge in [-0.1, -0.05) is 0 Å². The summed E-state index contributed by atoms with van der Waals surface area (Å²) in [6.07, 6.45) is -6.83. The topological polar surface area (TPSA) is 81.2 Å². The maximum Gasteiger partial charge on any atom is 0.419 e. The van der Waals surface area contributed by atoms with Gasteiger partial charge in [0.05, 0.1) is 16.5 Å². The Morgan fingerprint density at radius 1 is 1.35 bits per heavy atom. The third-order valence-electron chi connectivity index (χ3n) is 2.28. The monoisotopic (exact) mass is 360 g/mol. The molecule has 2 N–H and O–H groups in total. The molecule has 0 spiro atoms. The molecule has 0 bridgehead atoms. The van der Waals surface area contributed by atoms with E-state index >= 15 is 0 Å². The Hall–Kier alpha value is -1.98. The molecule has 1 atom stereocenters. The molecule has 5 nitrogen and oxygen atoms in total. The van der Waals surface area contributed by atoms with Crippen LogP contribution in [0, 0.1) is 0 Å². The largest absolute Gasteiger partial charge is 0.419 e. The SMILES string of the molecule is CS(=O)c1ncc(C(F)(F)F)c(/C(C=NCC(F)(F)F)=C/N)n1. The zero-order chi connectivity index (χ0) is 17.8. The third kappa shape index (κ3) is 5.62. The summed E-state index contributed by atoms with van der Waals surface area (Å²) >= 11 is 0. The second kappa shape index (κ2) is 7.06. The number of rotatable bonds is 4. The molecule has 1 rings (SSSR count). The highest BCUT2D eigenvalue weighted by Crippen LogP contribution is 2.33. The summed E-state index contributed by atoms with van der Waals surface area (Å²) in [7, 11) is -1.79. The van der Waals surface area contributed by atoms with Crippen LogP contribution in [0.4, 0.5) is 26.3 Å². The van der Waals surface area contributed by atoms with E-state index in [0.717, 1.165) is 6.26 Å². The first-order chi connectivity index (χ1) is 10.5. The number of halogens is 6. The first-order valence-corrected chi connectivity index (χ1v) is 7.28. The van der Waals surface area contributed by atoms with Crippen LogP contribution in [0.2, 0.25) is 0 Å². The summed E-state index contributed by atoms with van der Waals surface area (Å²) in [5.74, 6) is 0. The summed E-state index contributed by atoms with van der Waals surface area (Å²) in [4.78, 5) is 9.78. The summed E-state index contributed by atoms with van der Waals surface area (Å²) < 4.78 is 86.2. The maximum atomic E-state index is 12.9. The lowest BCUT2D eigenvalue weighted by Gasteiger charge is -2.12. The highest BCUT2D eigenvalue weighted by Gasteiger charge is 2.36. The molecule has 0 fully saturated rings. The molecule has 0 aliphatic carbocycles. The summed E-state index contributed by atoms with van der Waals surface area (Å²) in [6, 6.07) is 0. The number of aromatic nitrogens is 2. The Labute approximate surface area is 128 Å². The van der Waals surface area contributed by atoms with Gasteiger partial charge in [0.1, 0.15) is 12.1 Å². The maximum absolute atomic E-state index is 12.9. The van der Waals surface area contributed by atoms with E-state index in [-0.39, 0.29) is 0 Å². The Kier molecular flexibility index (Phi) is 5.86. The van der Waals surface area contributed by atoms with Crippen LogP contribution in [0.1, 0.15) is 11.3 Å². The van der Waals surface area contributed by atoms with Crippen molar-refractivity contribution in [1.29, 1.82) is 0 Å². The molecule has 1 unspecified atom stereocenters. The summed E-state index contributed by atoms with van der Waals surface area (Å²) in [5, 5.41) is -0.420. The molecule has 0 saturated carbocycles. The molecule has 0 amide bonds. The van der Waals surface area contributed by atoms with E-state index in [2.05, 4.69) is 15.0 Å². The number of nitrogens with two attached hydrogens (primary N) is 1. The first kappa shape index (κ1) is 19.1. The van der Waals surface area contributed by atoms with Gasteiger partial charge >= 0.3 is 12.4 Å². The van der Waals surface area contributed by atoms with Gasteiger partial charge in [0, 0.05) is 30.4 Å². The summed E-state index contributed by atoms with van der Waals surface area (Å²) in [6.45, 7) is -1.59. The molecule has 1 heterocycles. The van der Waals surface area contributed by atoms with E-state index in [1.807, 2.05) is 0 Å². The van der Waals surface area contributed by atoms with E-state index in [4.69, 9.17) is 5.73 Å². The van der Waals surface area contributed by atoms with Crippen LogP contribution in [0.25, 0.3) is 5.57 Å². The molecule has 0 aliphatic heterocycles. The molecular weight excluding hydrogens is 350 g/mol. The fraction of sp³-hybridized carbons (Fsp3) is 0.364. The Balaban J connectivity index is 3.35. The molecule has 128 valence electrons. The minimum absolute atomic E-state index is 0.389. The van der Waals surface area contributed by atoms with Crippen molar-refractivity contribution < 1.29 is 30.6 Å². The van der Waals surface area contributed by atoms with Gasteiger partial charge in [0.25, 0.3) is 0 Å². The van der Waals surface area contributed by atoms with E-state index in [9.17, 15) is 30.6 Å². The third-order valence-corrected chi connectivity index (χ3v) is 2.99. The fourth-order valence-corrected chi connectivity index (χ4v) is 1.78. The second-order valence-electron chi connectivity index (χ2n) is 4.07. The van der Waals surface area contributed by atoms with E-state index in [1.165, 1.54) is 0 Å². The predicted molar refractivity (Wildman–Crippen MR) is 70.9 cm³/mol. The zero-order valence-electron chi connectivity index (χ0n) is 11.4. The quantitative estimate of drug-likeness (QED) is 0.507. The standard InChI is InChI=1S/C11H10F6N4OS/c1-23(22)9-20-4-7(11(15,16)17)8(21-9)6(2-18)3-19-5-10(12,13)14/h2-4H,5,18H2,1H3/b6-2+,19-3?. The fourth-order valence-electron chi connectivity index (χ4n) is 1.36. The van der Waals surface area contributed by atoms with Gasteiger partial charge in [-0.15, -0.1) is 0 Å². The normalized spacial score (nSPS) is 15.2. The average molecular weight is 360 g/mol. The van der Waals surface area contributed by atoms with E-state index in [1.54, 1.807) is 0 Å². The lowest BCUT2D eigenvalue weighted by molar-refractivity contribution is -0.138. The number of nitrogens with zero attached hydrogens (tertiary/aromatic N) is 3. The van der Waals surface area contributed by atoms with Gasteiger partial charge in [0.2, 0.25) is 5.16 Å².